The highest BCUT2D eigenvalue weighted by atomic mass is 32.2. The molecule has 0 saturated carbocycles. The van der Waals surface area contributed by atoms with Gasteiger partial charge in [0, 0.05) is 23.2 Å². The molecule has 0 aliphatic rings. The van der Waals surface area contributed by atoms with Gasteiger partial charge in [-0.05, 0) is 41.8 Å². The number of H-pyrrole nitrogens is 1. The number of sulfonamides is 1. The average Bonchev–Trinajstić information content (AvgIpc) is 3.15. The van der Waals surface area contributed by atoms with Crippen LogP contribution in [-0.4, -0.2) is 25.2 Å². The first-order chi connectivity index (χ1) is 13.9. The number of hydrogen-bond donors (Lipinski definition) is 3. The molecule has 0 bridgehead atoms. The van der Waals surface area contributed by atoms with Gasteiger partial charge >= 0.3 is 0 Å². The van der Waals surface area contributed by atoms with E-state index in [9.17, 15) is 8.42 Å². The van der Waals surface area contributed by atoms with Crippen molar-refractivity contribution in [2.75, 3.05) is 11.9 Å². The fourth-order valence-corrected chi connectivity index (χ4v) is 3.89. The molecule has 29 heavy (non-hydrogen) atoms. The van der Waals surface area contributed by atoms with Crippen LogP contribution in [0.3, 0.4) is 0 Å². The zero-order valence-corrected chi connectivity index (χ0v) is 16.8. The van der Waals surface area contributed by atoms with E-state index in [-0.39, 0.29) is 4.90 Å². The van der Waals surface area contributed by atoms with Crippen LogP contribution >= 0.6 is 0 Å². The Balaban J connectivity index is 1.62. The molecule has 0 aliphatic carbocycles. The Labute approximate surface area is 169 Å². The summed E-state index contributed by atoms with van der Waals surface area (Å²) in [6, 6.07) is 22.9. The number of benzene rings is 3. The molecule has 0 amide bonds. The maximum atomic E-state index is 11.7. The van der Waals surface area contributed by atoms with Gasteiger partial charge in [-0.3, -0.25) is 5.10 Å². The van der Waals surface area contributed by atoms with Crippen LogP contribution in [0.2, 0.25) is 0 Å². The van der Waals surface area contributed by atoms with Gasteiger partial charge in [0.2, 0.25) is 10.0 Å². The van der Waals surface area contributed by atoms with Gasteiger partial charge in [0.1, 0.15) is 5.69 Å². The standard InChI is InChI=1S/C22H22N4O2S/c1-15(16-6-3-2-4-7-16)14-24-18-10-11-21-20(13-18)22(26-25-21)17-8-5-9-19(12-17)29(23,27)28/h2-13,15,24H,14H2,1H3,(H,25,26)(H2,23,27,28). The van der Waals surface area contributed by atoms with Crippen molar-refractivity contribution >= 4 is 26.6 Å². The number of nitrogens with zero attached hydrogens (tertiary/aromatic N) is 1. The minimum Gasteiger partial charge on any atom is -0.384 e. The molecular weight excluding hydrogens is 384 g/mol. The fraction of sp³-hybridized carbons (Fsp3) is 0.136. The molecule has 0 radical (unpaired) electrons. The van der Waals surface area contributed by atoms with Crippen LogP contribution in [0.1, 0.15) is 18.4 Å². The number of hydrogen-bond acceptors (Lipinski definition) is 4. The van der Waals surface area contributed by atoms with Crippen molar-refractivity contribution in [3.8, 4) is 11.3 Å². The van der Waals surface area contributed by atoms with Crippen molar-refractivity contribution in [3.05, 3.63) is 78.4 Å². The first kappa shape index (κ1) is 19.2. The predicted octanol–water partition coefficient (Wildman–Crippen LogP) is 4.09. The first-order valence-corrected chi connectivity index (χ1v) is 10.9. The molecule has 148 valence electrons. The summed E-state index contributed by atoms with van der Waals surface area (Å²) in [6.07, 6.45) is 0. The summed E-state index contributed by atoms with van der Waals surface area (Å²) in [7, 11) is -3.77. The molecule has 0 saturated heterocycles. The lowest BCUT2D eigenvalue weighted by atomic mass is 10.0. The third kappa shape index (κ3) is 4.16. The molecule has 0 spiro atoms. The van der Waals surface area contributed by atoms with Gasteiger partial charge in [0.05, 0.1) is 10.4 Å². The first-order valence-electron chi connectivity index (χ1n) is 9.32. The predicted molar refractivity (Wildman–Crippen MR) is 116 cm³/mol. The highest BCUT2D eigenvalue weighted by molar-refractivity contribution is 7.89. The summed E-state index contributed by atoms with van der Waals surface area (Å²) in [5, 5.41) is 17.0. The molecule has 1 atom stereocenters. The topological polar surface area (TPSA) is 101 Å². The number of aromatic amines is 1. The third-order valence-electron chi connectivity index (χ3n) is 4.98. The lowest BCUT2D eigenvalue weighted by Crippen LogP contribution is -2.11. The molecule has 7 heteroatoms. The van der Waals surface area contributed by atoms with E-state index >= 15 is 0 Å². The fourth-order valence-electron chi connectivity index (χ4n) is 3.33. The Bertz CT molecular complexity index is 1250. The Morgan fingerprint density at radius 1 is 1.03 bits per heavy atom. The minimum absolute atomic E-state index is 0.0668. The van der Waals surface area contributed by atoms with E-state index < -0.39 is 10.0 Å². The molecule has 6 nitrogen and oxygen atoms in total. The number of rotatable bonds is 6. The lowest BCUT2D eigenvalue weighted by molar-refractivity contribution is 0.598. The van der Waals surface area contributed by atoms with Crippen LogP contribution in [0.4, 0.5) is 5.69 Å². The van der Waals surface area contributed by atoms with Crippen LogP contribution < -0.4 is 10.5 Å². The number of nitrogens with one attached hydrogen (secondary N) is 2. The summed E-state index contributed by atoms with van der Waals surface area (Å²) in [6.45, 7) is 2.98. The van der Waals surface area contributed by atoms with E-state index in [0.717, 1.165) is 23.1 Å². The quantitative estimate of drug-likeness (QED) is 0.449. The monoisotopic (exact) mass is 406 g/mol. The SMILES string of the molecule is CC(CNc1ccc2[nH]nc(-c3cccc(S(N)(=O)=O)c3)c2c1)c1ccccc1. The maximum Gasteiger partial charge on any atom is 0.238 e. The van der Waals surface area contributed by atoms with Crippen molar-refractivity contribution in [3.63, 3.8) is 0 Å². The minimum atomic E-state index is -3.77. The van der Waals surface area contributed by atoms with E-state index in [2.05, 4.69) is 34.6 Å². The summed E-state index contributed by atoms with van der Waals surface area (Å²) in [5.41, 5.74) is 4.51. The molecule has 4 rings (SSSR count). The van der Waals surface area contributed by atoms with E-state index in [4.69, 9.17) is 5.14 Å². The lowest BCUT2D eigenvalue weighted by Gasteiger charge is -2.14. The number of anilines is 1. The van der Waals surface area contributed by atoms with Crippen molar-refractivity contribution in [1.29, 1.82) is 0 Å². The molecule has 1 unspecified atom stereocenters. The van der Waals surface area contributed by atoms with Gasteiger partial charge in [-0.15, -0.1) is 0 Å². The highest BCUT2D eigenvalue weighted by Crippen LogP contribution is 2.30. The molecule has 3 aromatic carbocycles. The zero-order chi connectivity index (χ0) is 20.4. The molecule has 1 heterocycles. The van der Waals surface area contributed by atoms with Gasteiger partial charge in [0.25, 0.3) is 0 Å². The van der Waals surface area contributed by atoms with Gasteiger partial charge < -0.3 is 5.32 Å². The highest BCUT2D eigenvalue weighted by Gasteiger charge is 2.13. The van der Waals surface area contributed by atoms with Crippen molar-refractivity contribution in [2.24, 2.45) is 5.14 Å². The summed E-state index contributed by atoms with van der Waals surface area (Å²) < 4.78 is 23.4. The second kappa shape index (κ2) is 7.69. The van der Waals surface area contributed by atoms with Crippen LogP contribution in [0.15, 0.2) is 77.7 Å². The van der Waals surface area contributed by atoms with Crippen LogP contribution in [-0.2, 0) is 10.0 Å². The largest absolute Gasteiger partial charge is 0.384 e. The number of aromatic nitrogens is 2. The molecule has 4 N–H and O–H groups in total. The Morgan fingerprint density at radius 3 is 2.59 bits per heavy atom. The summed E-state index contributed by atoms with van der Waals surface area (Å²) >= 11 is 0. The van der Waals surface area contributed by atoms with Crippen molar-refractivity contribution in [1.82, 2.24) is 10.2 Å². The van der Waals surface area contributed by atoms with E-state index in [0.29, 0.717) is 17.2 Å². The van der Waals surface area contributed by atoms with Crippen LogP contribution in [0.25, 0.3) is 22.2 Å². The Hall–Kier alpha value is -3.16. The smallest absolute Gasteiger partial charge is 0.238 e. The summed E-state index contributed by atoms with van der Waals surface area (Å²) in [4.78, 5) is 0.0668. The van der Waals surface area contributed by atoms with Crippen LogP contribution in [0, 0.1) is 0 Å². The molecule has 4 aromatic rings. The van der Waals surface area contributed by atoms with E-state index in [1.807, 2.05) is 42.5 Å². The Morgan fingerprint density at radius 2 is 1.83 bits per heavy atom. The van der Waals surface area contributed by atoms with Gasteiger partial charge in [-0.2, -0.15) is 5.10 Å². The van der Waals surface area contributed by atoms with Crippen molar-refractivity contribution in [2.45, 2.75) is 17.7 Å². The summed E-state index contributed by atoms with van der Waals surface area (Å²) in [5.74, 6) is 0.363. The number of nitrogens with two attached hydrogens (primary N) is 1. The van der Waals surface area contributed by atoms with Gasteiger partial charge in [-0.25, -0.2) is 13.6 Å². The van der Waals surface area contributed by atoms with Gasteiger partial charge in [0.15, 0.2) is 0 Å². The van der Waals surface area contributed by atoms with E-state index in [1.165, 1.54) is 11.6 Å². The average molecular weight is 407 g/mol. The second-order valence-electron chi connectivity index (χ2n) is 7.10. The Kier molecular flexibility index (Phi) is 5.08. The third-order valence-corrected chi connectivity index (χ3v) is 5.89. The molecule has 1 aromatic heterocycles. The normalized spacial score (nSPS) is 12.8. The zero-order valence-electron chi connectivity index (χ0n) is 16.0. The number of fused-ring (bicyclic) bond motifs is 1. The number of primary sulfonamides is 1. The molecule has 0 fully saturated rings. The van der Waals surface area contributed by atoms with E-state index in [1.54, 1.807) is 12.1 Å². The molecular formula is C22H22N4O2S. The maximum absolute atomic E-state index is 11.7. The second-order valence-corrected chi connectivity index (χ2v) is 8.66. The van der Waals surface area contributed by atoms with Crippen molar-refractivity contribution < 1.29 is 8.42 Å². The van der Waals surface area contributed by atoms with Gasteiger partial charge in [-0.1, -0.05) is 49.4 Å². The molecule has 0 aliphatic heterocycles. The van der Waals surface area contributed by atoms with Crippen LogP contribution in [0.5, 0.6) is 0 Å².